The van der Waals surface area contributed by atoms with Gasteiger partial charge in [-0.2, -0.15) is 0 Å². The summed E-state index contributed by atoms with van der Waals surface area (Å²) in [5.74, 6) is -0.224. The van der Waals surface area contributed by atoms with Crippen molar-refractivity contribution in [1.29, 1.82) is 0 Å². The summed E-state index contributed by atoms with van der Waals surface area (Å²) in [5, 5.41) is 2.76. The van der Waals surface area contributed by atoms with E-state index in [1.165, 1.54) is 19.2 Å². The van der Waals surface area contributed by atoms with Gasteiger partial charge in [0.15, 0.2) is 0 Å². The van der Waals surface area contributed by atoms with Crippen molar-refractivity contribution in [2.75, 3.05) is 18.6 Å². The number of thioether (sulfide) groups is 1. The number of rotatable bonds is 4. The highest BCUT2D eigenvalue weighted by Crippen LogP contribution is 2.36. The van der Waals surface area contributed by atoms with Gasteiger partial charge in [-0.3, -0.25) is 4.79 Å². The molecule has 0 unspecified atom stereocenters. The number of benzene rings is 1. The van der Waals surface area contributed by atoms with E-state index in [-0.39, 0.29) is 10.8 Å². The molecule has 2 heterocycles. The van der Waals surface area contributed by atoms with Gasteiger partial charge >= 0.3 is 0 Å². The molecule has 1 aliphatic heterocycles. The van der Waals surface area contributed by atoms with Crippen molar-refractivity contribution >= 4 is 56.4 Å². The number of anilines is 1. The highest BCUT2D eigenvalue weighted by atomic mass is 32.2. The molecule has 8 heteroatoms. The fourth-order valence-corrected chi connectivity index (χ4v) is 4.52. The summed E-state index contributed by atoms with van der Waals surface area (Å²) in [6.07, 6.45) is 3.79. The predicted molar refractivity (Wildman–Crippen MR) is 95.3 cm³/mol. The molecule has 2 aromatic rings. The molecule has 3 rings (SSSR count). The molecular formula is C15H14N2O3S3. The third-order valence-electron chi connectivity index (χ3n) is 3.44. The molecule has 0 bridgehead atoms. The molecule has 0 fully saturated rings. The van der Waals surface area contributed by atoms with E-state index in [4.69, 9.17) is 0 Å². The minimum absolute atomic E-state index is 0.136. The van der Waals surface area contributed by atoms with Crippen LogP contribution in [0, 0.1) is 0 Å². The van der Waals surface area contributed by atoms with Gasteiger partial charge in [-0.15, -0.1) is 23.1 Å². The maximum Gasteiger partial charge on any atom is 0.256 e. The first-order valence-electron chi connectivity index (χ1n) is 6.69. The van der Waals surface area contributed by atoms with Crippen LogP contribution in [0.4, 0.5) is 5.69 Å². The van der Waals surface area contributed by atoms with Gasteiger partial charge in [-0.05, 0) is 49.7 Å². The predicted octanol–water partition coefficient (Wildman–Crippen LogP) is 2.87. The second kappa shape index (κ2) is 6.12. The van der Waals surface area contributed by atoms with Crippen molar-refractivity contribution in [1.82, 2.24) is 4.72 Å². The van der Waals surface area contributed by atoms with Crippen molar-refractivity contribution in [2.24, 2.45) is 0 Å². The van der Waals surface area contributed by atoms with Crippen LogP contribution in [0.5, 0.6) is 0 Å². The van der Waals surface area contributed by atoms with Crippen LogP contribution in [0.1, 0.15) is 10.4 Å². The van der Waals surface area contributed by atoms with Crippen LogP contribution in [0.3, 0.4) is 0 Å². The molecule has 0 aliphatic carbocycles. The van der Waals surface area contributed by atoms with Gasteiger partial charge in [0.1, 0.15) is 0 Å². The van der Waals surface area contributed by atoms with E-state index in [0.29, 0.717) is 16.8 Å². The second-order valence-electron chi connectivity index (χ2n) is 4.79. The Kier molecular flexibility index (Phi) is 4.33. The van der Waals surface area contributed by atoms with Gasteiger partial charge < -0.3 is 5.32 Å². The number of fused-ring (bicyclic) bond motifs is 1. The Balaban J connectivity index is 2.08. The molecule has 1 amide bonds. The lowest BCUT2D eigenvalue weighted by Gasteiger charge is -2.05. The van der Waals surface area contributed by atoms with Crippen LogP contribution in [-0.4, -0.2) is 27.6 Å². The van der Waals surface area contributed by atoms with Gasteiger partial charge in [0.2, 0.25) is 10.0 Å². The molecular weight excluding hydrogens is 352 g/mol. The number of carbonyl (C=O) groups is 1. The summed E-state index contributed by atoms with van der Waals surface area (Å²) in [6, 6.07) is 8.55. The molecule has 0 saturated carbocycles. The minimum atomic E-state index is -3.55. The maximum atomic E-state index is 12.2. The van der Waals surface area contributed by atoms with Gasteiger partial charge in [-0.25, -0.2) is 13.1 Å². The SMILES string of the molecule is CNS(=O)(=O)c1ccc2c(c1)C(=Cc1ccc(SC)s1)C(=O)N2. The molecule has 23 heavy (non-hydrogen) atoms. The lowest BCUT2D eigenvalue weighted by molar-refractivity contribution is -0.110. The first-order valence-corrected chi connectivity index (χ1v) is 10.2. The molecule has 1 aromatic heterocycles. The Morgan fingerprint density at radius 2 is 2.04 bits per heavy atom. The van der Waals surface area contributed by atoms with E-state index in [0.717, 1.165) is 9.09 Å². The van der Waals surface area contributed by atoms with E-state index < -0.39 is 10.0 Å². The van der Waals surface area contributed by atoms with Gasteiger partial charge in [0, 0.05) is 16.1 Å². The fraction of sp³-hybridized carbons (Fsp3) is 0.133. The first kappa shape index (κ1) is 16.3. The zero-order valence-electron chi connectivity index (χ0n) is 12.4. The third-order valence-corrected chi connectivity index (χ3v) is 6.97. The maximum absolute atomic E-state index is 12.2. The summed E-state index contributed by atoms with van der Waals surface area (Å²) in [7, 11) is -2.19. The van der Waals surface area contributed by atoms with Gasteiger partial charge in [-0.1, -0.05) is 0 Å². The van der Waals surface area contributed by atoms with E-state index in [1.807, 2.05) is 18.4 Å². The first-order chi connectivity index (χ1) is 10.9. The molecule has 1 aromatic carbocycles. The Bertz CT molecular complexity index is 914. The van der Waals surface area contributed by atoms with Crippen LogP contribution in [0.25, 0.3) is 11.6 Å². The number of thiophene rings is 1. The van der Waals surface area contributed by atoms with Crippen LogP contribution in [-0.2, 0) is 14.8 Å². The number of hydrogen-bond acceptors (Lipinski definition) is 5. The molecule has 0 saturated heterocycles. The van der Waals surface area contributed by atoms with Crippen molar-refractivity contribution in [3.63, 3.8) is 0 Å². The summed E-state index contributed by atoms with van der Waals surface area (Å²) >= 11 is 3.23. The highest BCUT2D eigenvalue weighted by molar-refractivity contribution is 8.00. The second-order valence-corrected chi connectivity index (χ2v) is 8.90. The summed E-state index contributed by atoms with van der Waals surface area (Å²) < 4.78 is 27.3. The Labute approximate surface area is 142 Å². The number of carbonyl (C=O) groups excluding carboxylic acids is 1. The molecule has 5 nitrogen and oxygen atoms in total. The van der Waals surface area contributed by atoms with Crippen molar-refractivity contribution < 1.29 is 13.2 Å². The van der Waals surface area contributed by atoms with E-state index in [9.17, 15) is 13.2 Å². The summed E-state index contributed by atoms with van der Waals surface area (Å²) in [4.78, 5) is 13.3. The number of sulfonamides is 1. The molecule has 120 valence electrons. The monoisotopic (exact) mass is 366 g/mol. The number of hydrogen-bond donors (Lipinski definition) is 2. The van der Waals surface area contributed by atoms with E-state index in [2.05, 4.69) is 10.0 Å². The van der Waals surface area contributed by atoms with Gasteiger partial charge in [0.25, 0.3) is 5.91 Å². The standard InChI is InChI=1S/C15H14N2O3S3/c1-16-23(19,20)10-4-5-13-11(8-10)12(15(18)17-13)7-9-3-6-14(21-2)22-9/h3-8,16H,1-2H3,(H,17,18). The molecule has 1 aliphatic rings. The quantitative estimate of drug-likeness (QED) is 0.644. The lowest BCUT2D eigenvalue weighted by atomic mass is 10.1. The van der Waals surface area contributed by atoms with Gasteiger partial charge in [0.05, 0.1) is 14.7 Å². The topological polar surface area (TPSA) is 75.3 Å². The molecule has 2 N–H and O–H groups in total. The van der Waals surface area contributed by atoms with Crippen LogP contribution in [0.15, 0.2) is 39.4 Å². The van der Waals surface area contributed by atoms with E-state index in [1.54, 1.807) is 35.2 Å². The zero-order chi connectivity index (χ0) is 16.6. The normalized spacial score (nSPS) is 15.7. The average Bonchev–Trinajstić information content (AvgIpc) is 3.12. The van der Waals surface area contributed by atoms with Crippen LogP contribution in [0.2, 0.25) is 0 Å². The largest absolute Gasteiger partial charge is 0.321 e. The van der Waals surface area contributed by atoms with Crippen molar-refractivity contribution in [2.45, 2.75) is 9.10 Å². The van der Waals surface area contributed by atoms with Crippen molar-refractivity contribution in [3.05, 3.63) is 40.8 Å². The van der Waals surface area contributed by atoms with E-state index >= 15 is 0 Å². The number of nitrogens with one attached hydrogen (secondary N) is 2. The van der Waals surface area contributed by atoms with Crippen LogP contribution < -0.4 is 10.0 Å². The molecule has 0 spiro atoms. The summed E-state index contributed by atoms with van der Waals surface area (Å²) in [5.41, 5.74) is 1.70. The molecule has 0 atom stereocenters. The highest BCUT2D eigenvalue weighted by Gasteiger charge is 2.26. The van der Waals surface area contributed by atoms with Crippen molar-refractivity contribution in [3.8, 4) is 0 Å². The Morgan fingerprint density at radius 1 is 1.26 bits per heavy atom. The summed E-state index contributed by atoms with van der Waals surface area (Å²) in [6.45, 7) is 0. The van der Waals surface area contributed by atoms with Crippen LogP contribution >= 0.6 is 23.1 Å². The fourth-order valence-electron chi connectivity index (χ4n) is 2.26. The lowest BCUT2D eigenvalue weighted by Crippen LogP contribution is -2.18. The minimum Gasteiger partial charge on any atom is -0.321 e. The smallest absolute Gasteiger partial charge is 0.256 e. The Morgan fingerprint density at radius 3 is 2.70 bits per heavy atom. The Hall–Kier alpha value is -1.61. The zero-order valence-corrected chi connectivity index (χ0v) is 14.9. The number of amides is 1. The molecule has 0 radical (unpaired) electrons. The average molecular weight is 366 g/mol. The third kappa shape index (κ3) is 3.07.